The van der Waals surface area contributed by atoms with Gasteiger partial charge in [0.2, 0.25) is 17.7 Å². The standard InChI is InChI=1S/C17H24N4O3/c1-12-3-4-16(19-18-12)24-15-7-10-21(11-15)17(23)14-5-8-20(9-6-14)13(2)22/h3-4,14-15H,5-11H2,1-2H3/t15-/m1/s1. The second-order valence-electron chi connectivity index (χ2n) is 6.61. The van der Waals surface area contributed by atoms with Crippen molar-refractivity contribution in [2.75, 3.05) is 26.2 Å². The van der Waals surface area contributed by atoms with E-state index in [1.54, 1.807) is 6.92 Å². The molecule has 7 heteroatoms. The Morgan fingerprint density at radius 2 is 1.79 bits per heavy atom. The van der Waals surface area contributed by atoms with Crippen molar-refractivity contribution < 1.29 is 14.3 Å². The number of aryl methyl sites for hydroxylation is 1. The highest BCUT2D eigenvalue weighted by Crippen LogP contribution is 2.23. The third kappa shape index (κ3) is 3.83. The number of carbonyl (C=O) groups excluding carboxylic acids is 2. The lowest BCUT2D eigenvalue weighted by molar-refractivity contribution is -0.139. The maximum atomic E-state index is 12.7. The van der Waals surface area contributed by atoms with E-state index in [2.05, 4.69) is 10.2 Å². The first kappa shape index (κ1) is 16.7. The van der Waals surface area contributed by atoms with Gasteiger partial charge in [0.1, 0.15) is 6.10 Å². The lowest BCUT2D eigenvalue weighted by atomic mass is 9.95. The highest BCUT2D eigenvalue weighted by Gasteiger charge is 2.34. The number of likely N-dealkylation sites (tertiary alicyclic amines) is 2. The second-order valence-corrected chi connectivity index (χ2v) is 6.61. The Morgan fingerprint density at radius 1 is 1.08 bits per heavy atom. The van der Waals surface area contributed by atoms with Gasteiger partial charge < -0.3 is 14.5 Å². The number of hydrogen-bond acceptors (Lipinski definition) is 5. The first-order valence-corrected chi connectivity index (χ1v) is 8.54. The molecule has 2 aliphatic heterocycles. The number of rotatable bonds is 3. The monoisotopic (exact) mass is 332 g/mol. The SMILES string of the molecule is CC(=O)N1CCC(C(=O)N2CC[C@@H](Oc3ccc(C)nn3)C2)CC1. The van der Waals surface area contributed by atoms with Gasteiger partial charge in [-0.05, 0) is 25.8 Å². The molecular formula is C17H24N4O3. The normalized spacial score (nSPS) is 21.8. The molecule has 0 N–H and O–H groups in total. The van der Waals surface area contributed by atoms with Gasteiger partial charge in [0, 0.05) is 45.0 Å². The average molecular weight is 332 g/mol. The smallest absolute Gasteiger partial charge is 0.233 e. The summed E-state index contributed by atoms with van der Waals surface area (Å²) in [5.41, 5.74) is 0.850. The Hall–Kier alpha value is -2.18. The van der Waals surface area contributed by atoms with Gasteiger partial charge in [0.15, 0.2) is 0 Å². The summed E-state index contributed by atoms with van der Waals surface area (Å²) in [6, 6.07) is 3.67. The van der Waals surface area contributed by atoms with Crippen molar-refractivity contribution in [2.45, 2.75) is 39.2 Å². The molecule has 24 heavy (non-hydrogen) atoms. The molecule has 0 spiro atoms. The Morgan fingerprint density at radius 3 is 2.42 bits per heavy atom. The predicted molar refractivity (Wildman–Crippen MR) is 87.4 cm³/mol. The number of carbonyl (C=O) groups is 2. The van der Waals surface area contributed by atoms with Crippen molar-refractivity contribution in [2.24, 2.45) is 5.92 Å². The van der Waals surface area contributed by atoms with Crippen LogP contribution in [0.5, 0.6) is 5.88 Å². The number of aromatic nitrogens is 2. The van der Waals surface area contributed by atoms with E-state index in [4.69, 9.17) is 4.74 Å². The van der Waals surface area contributed by atoms with Crippen LogP contribution in [0.3, 0.4) is 0 Å². The molecule has 0 unspecified atom stereocenters. The number of nitrogens with zero attached hydrogens (tertiary/aromatic N) is 4. The summed E-state index contributed by atoms with van der Waals surface area (Å²) in [4.78, 5) is 27.7. The molecule has 0 radical (unpaired) electrons. The van der Waals surface area contributed by atoms with E-state index in [9.17, 15) is 9.59 Å². The van der Waals surface area contributed by atoms with Gasteiger partial charge in [0.05, 0.1) is 12.2 Å². The zero-order valence-electron chi connectivity index (χ0n) is 14.3. The Bertz CT molecular complexity index is 596. The molecule has 0 aliphatic carbocycles. The van der Waals surface area contributed by atoms with E-state index in [1.165, 1.54) is 0 Å². The highest BCUT2D eigenvalue weighted by atomic mass is 16.5. The van der Waals surface area contributed by atoms with Gasteiger partial charge in [-0.2, -0.15) is 5.10 Å². The van der Waals surface area contributed by atoms with E-state index in [1.807, 2.05) is 28.9 Å². The molecular weight excluding hydrogens is 308 g/mol. The van der Waals surface area contributed by atoms with E-state index in [0.717, 1.165) is 31.5 Å². The van der Waals surface area contributed by atoms with E-state index in [-0.39, 0.29) is 23.8 Å². The molecule has 3 heterocycles. The van der Waals surface area contributed by atoms with Gasteiger partial charge in [0.25, 0.3) is 0 Å². The maximum Gasteiger partial charge on any atom is 0.233 e. The second kappa shape index (κ2) is 7.15. The number of ether oxygens (including phenoxy) is 1. The minimum Gasteiger partial charge on any atom is -0.471 e. The first-order chi connectivity index (χ1) is 11.5. The van der Waals surface area contributed by atoms with Crippen LogP contribution in [0.15, 0.2) is 12.1 Å². The van der Waals surface area contributed by atoms with Crippen molar-refractivity contribution >= 4 is 11.8 Å². The largest absolute Gasteiger partial charge is 0.471 e. The summed E-state index contributed by atoms with van der Waals surface area (Å²) < 4.78 is 5.83. The summed E-state index contributed by atoms with van der Waals surface area (Å²) in [7, 11) is 0. The predicted octanol–water partition coefficient (Wildman–Crippen LogP) is 1.02. The molecule has 2 fully saturated rings. The number of amides is 2. The lowest BCUT2D eigenvalue weighted by Crippen LogP contribution is -2.43. The fraction of sp³-hybridized carbons (Fsp3) is 0.647. The molecule has 7 nitrogen and oxygen atoms in total. The molecule has 1 aromatic rings. The molecule has 0 saturated carbocycles. The quantitative estimate of drug-likeness (QED) is 0.826. The Kier molecular flexibility index (Phi) is 4.97. The molecule has 2 amide bonds. The molecule has 2 saturated heterocycles. The fourth-order valence-corrected chi connectivity index (χ4v) is 3.34. The van der Waals surface area contributed by atoms with E-state index in [0.29, 0.717) is 25.5 Å². The van der Waals surface area contributed by atoms with Crippen molar-refractivity contribution in [1.29, 1.82) is 0 Å². The van der Waals surface area contributed by atoms with Crippen molar-refractivity contribution in [3.05, 3.63) is 17.8 Å². The Balaban J connectivity index is 1.49. The van der Waals surface area contributed by atoms with Crippen LogP contribution in [0.1, 0.15) is 31.9 Å². The molecule has 2 aliphatic rings. The molecule has 0 aromatic carbocycles. The van der Waals surface area contributed by atoms with Crippen molar-refractivity contribution in [1.82, 2.24) is 20.0 Å². The lowest BCUT2D eigenvalue weighted by Gasteiger charge is -2.32. The summed E-state index contributed by atoms with van der Waals surface area (Å²) in [6.45, 7) is 6.14. The zero-order valence-corrected chi connectivity index (χ0v) is 14.3. The first-order valence-electron chi connectivity index (χ1n) is 8.54. The van der Waals surface area contributed by atoms with Gasteiger partial charge in [-0.25, -0.2) is 0 Å². The van der Waals surface area contributed by atoms with Crippen LogP contribution in [0, 0.1) is 12.8 Å². The molecule has 3 rings (SSSR count). The van der Waals surface area contributed by atoms with Gasteiger partial charge >= 0.3 is 0 Å². The molecule has 130 valence electrons. The summed E-state index contributed by atoms with van der Waals surface area (Å²) in [5, 5.41) is 8.00. The van der Waals surface area contributed by atoms with Crippen LogP contribution in [0.2, 0.25) is 0 Å². The topological polar surface area (TPSA) is 75.6 Å². The number of hydrogen-bond donors (Lipinski definition) is 0. The van der Waals surface area contributed by atoms with Crippen LogP contribution in [0.4, 0.5) is 0 Å². The third-order valence-electron chi connectivity index (χ3n) is 4.81. The van der Waals surface area contributed by atoms with Crippen molar-refractivity contribution in [3.63, 3.8) is 0 Å². The third-order valence-corrected chi connectivity index (χ3v) is 4.81. The van der Waals surface area contributed by atoms with Crippen LogP contribution in [-0.2, 0) is 9.59 Å². The van der Waals surface area contributed by atoms with Crippen molar-refractivity contribution in [3.8, 4) is 5.88 Å². The van der Waals surface area contributed by atoms with Crippen LogP contribution in [-0.4, -0.2) is 64.1 Å². The molecule has 1 atom stereocenters. The van der Waals surface area contributed by atoms with Gasteiger partial charge in [-0.15, -0.1) is 5.10 Å². The molecule has 1 aromatic heterocycles. The highest BCUT2D eigenvalue weighted by molar-refractivity contribution is 5.80. The van der Waals surface area contributed by atoms with Crippen LogP contribution in [0.25, 0.3) is 0 Å². The van der Waals surface area contributed by atoms with E-state index >= 15 is 0 Å². The number of piperidine rings is 1. The van der Waals surface area contributed by atoms with Crippen LogP contribution >= 0.6 is 0 Å². The zero-order chi connectivity index (χ0) is 17.1. The summed E-state index contributed by atoms with van der Waals surface area (Å²) >= 11 is 0. The minimum absolute atomic E-state index is 0.0248. The van der Waals surface area contributed by atoms with E-state index < -0.39 is 0 Å². The minimum atomic E-state index is -0.0248. The maximum absolute atomic E-state index is 12.7. The Labute approximate surface area is 142 Å². The van der Waals surface area contributed by atoms with Crippen LogP contribution < -0.4 is 4.74 Å². The summed E-state index contributed by atoms with van der Waals surface area (Å²) in [6.07, 6.45) is 2.30. The fourth-order valence-electron chi connectivity index (χ4n) is 3.34. The summed E-state index contributed by atoms with van der Waals surface area (Å²) in [5.74, 6) is 0.821. The van der Waals surface area contributed by atoms with Gasteiger partial charge in [-0.1, -0.05) is 0 Å². The average Bonchev–Trinajstić information content (AvgIpc) is 3.05. The molecule has 0 bridgehead atoms. The van der Waals surface area contributed by atoms with Gasteiger partial charge in [-0.3, -0.25) is 9.59 Å².